The lowest BCUT2D eigenvalue weighted by Crippen LogP contribution is -2.19. The number of amides is 2. The fourth-order valence-electron chi connectivity index (χ4n) is 2.00. The van der Waals surface area contributed by atoms with Crippen LogP contribution in [0.4, 0.5) is 0 Å². The standard InChI is InChI=1S/C13H12BrNO2/c1-2-10(8-4-3-5-9(14)6-8)11-7-12(16)15-13(11)17/h3-6H,2,7H2,1H3,(H,15,16,17)/b11-10+. The van der Waals surface area contributed by atoms with Crippen molar-refractivity contribution in [1.82, 2.24) is 5.32 Å². The second kappa shape index (κ2) is 4.84. The Morgan fingerprint density at radius 1 is 1.41 bits per heavy atom. The second-order valence-corrected chi connectivity index (χ2v) is 4.79. The zero-order valence-corrected chi connectivity index (χ0v) is 11.0. The van der Waals surface area contributed by atoms with Gasteiger partial charge in [0.2, 0.25) is 5.91 Å². The number of carbonyl (C=O) groups excluding carboxylic acids is 2. The van der Waals surface area contributed by atoms with Gasteiger partial charge in [-0.2, -0.15) is 0 Å². The van der Waals surface area contributed by atoms with Crippen molar-refractivity contribution in [3.05, 3.63) is 39.9 Å². The van der Waals surface area contributed by atoms with Crippen LogP contribution in [0.25, 0.3) is 5.57 Å². The quantitative estimate of drug-likeness (QED) is 0.673. The van der Waals surface area contributed by atoms with E-state index in [0.29, 0.717) is 5.57 Å². The van der Waals surface area contributed by atoms with Gasteiger partial charge in [-0.05, 0) is 29.7 Å². The number of imide groups is 1. The van der Waals surface area contributed by atoms with E-state index in [-0.39, 0.29) is 18.2 Å². The molecule has 0 aromatic heterocycles. The molecule has 1 aliphatic rings. The Morgan fingerprint density at radius 3 is 2.71 bits per heavy atom. The van der Waals surface area contributed by atoms with Crippen molar-refractivity contribution in [2.75, 3.05) is 0 Å². The molecule has 0 atom stereocenters. The summed E-state index contributed by atoms with van der Waals surface area (Å²) in [6.45, 7) is 1.99. The van der Waals surface area contributed by atoms with Crippen LogP contribution in [0.15, 0.2) is 34.3 Å². The van der Waals surface area contributed by atoms with Crippen LogP contribution in [-0.2, 0) is 9.59 Å². The van der Waals surface area contributed by atoms with Gasteiger partial charge in [-0.3, -0.25) is 14.9 Å². The van der Waals surface area contributed by atoms with E-state index in [9.17, 15) is 9.59 Å². The third-order valence-corrected chi connectivity index (χ3v) is 3.25. The van der Waals surface area contributed by atoms with E-state index in [1.54, 1.807) is 0 Å². The maximum atomic E-state index is 11.6. The summed E-state index contributed by atoms with van der Waals surface area (Å²) in [5.74, 6) is -0.474. The first-order valence-corrected chi connectivity index (χ1v) is 6.23. The van der Waals surface area contributed by atoms with E-state index in [0.717, 1.165) is 22.0 Å². The lowest BCUT2D eigenvalue weighted by Gasteiger charge is -2.08. The van der Waals surface area contributed by atoms with Gasteiger partial charge in [0.05, 0.1) is 6.42 Å². The molecule has 1 aromatic carbocycles. The van der Waals surface area contributed by atoms with Crippen LogP contribution in [0.3, 0.4) is 0 Å². The molecule has 1 saturated heterocycles. The van der Waals surface area contributed by atoms with Crippen LogP contribution >= 0.6 is 15.9 Å². The van der Waals surface area contributed by atoms with E-state index in [1.165, 1.54) is 0 Å². The Hall–Kier alpha value is -1.42. The molecule has 0 saturated carbocycles. The van der Waals surface area contributed by atoms with E-state index in [2.05, 4.69) is 21.2 Å². The summed E-state index contributed by atoms with van der Waals surface area (Å²) in [5, 5.41) is 2.32. The van der Waals surface area contributed by atoms with E-state index in [4.69, 9.17) is 0 Å². The Morgan fingerprint density at radius 2 is 2.18 bits per heavy atom. The first kappa shape index (κ1) is 12.0. The minimum absolute atomic E-state index is 0.189. The Kier molecular flexibility index (Phi) is 3.43. The molecular formula is C13H12BrNO2. The number of benzene rings is 1. The van der Waals surface area contributed by atoms with Gasteiger partial charge in [0.15, 0.2) is 0 Å². The van der Waals surface area contributed by atoms with Crippen molar-refractivity contribution in [2.45, 2.75) is 19.8 Å². The van der Waals surface area contributed by atoms with Gasteiger partial charge in [0.1, 0.15) is 0 Å². The lowest BCUT2D eigenvalue weighted by atomic mass is 9.96. The van der Waals surface area contributed by atoms with Gasteiger partial charge >= 0.3 is 0 Å². The number of hydrogen-bond acceptors (Lipinski definition) is 2. The number of halogens is 1. The molecule has 0 unspecified atom stereocenters. The molecule has 1 fully saturated rings. The van der Waals surface area contributed by atoms with Gasteiger partial charge in [0, 0.05) is 10.0 Å². The summed E-state index contributed by atoms with van der Waals surface area (Å²) in [7, 11) is 0. The fourth-order valence-corrected chi connectivity index (χ4v) is 2.40. The topological polar surface area (TPSA) is 46.2 Å². The molecule has 17 heavy (non-hydrogen) atoms. The molecule has 1 aliphatic heterocycles. The zero-order chi connectivity index (χ0) is 12.4. The molecule has 4 heteroatoms. The first-order valence-electron chi connectivity index (χ1n) is 5.44. The number of hydrogen-bond donors (Lipinski definition) is 1. The van der Waals surface area contributed by atoms with Crippen molar-refractivity contribution < 1.29 is 9.59 Å². The Bertz CT molecular complexity index is 520. The lowest BCUT2D eigenvalue weighted by molar-refractivity contribution is -0.124. The summed E-state index contributed by atoms with van der Waals surface area (Å²) < 4.78 is 0.964. The average Bonchev–Trinajstić information content (AvgIpc) is 2.59. The number of nitrogens with one attached hydrogen (secondary N) is 1. The maximum absolute atomic E-state index is 11.6. The molecule has 1 aromatic rings. The summed E-state index contributed by atoms with van der Waals surface area (Å²) in [6, 6.07) is 7.76. The van der Waals surface area contributed by atoms with E-state index < -0.39 is 0 Å². The fraction of sp³-hybridized carbons (Fsp3) is 0.231. The molecule has 0 spiro atoms. The molecular weight excluding hydrogens is 282 g/mol. The van der Waals surface area contributed by atoms with Gasteiger partial charge in [-0.15, -0.1) is 0 Å². The Labute approximate surface area is 108 Å². The summed E-state index contributed by atoms with van der Waals surface area (Å²) >= 11 is 3.41. The van der Waals surface area contributed by atoms with Crippen molar-refractivity contribution in [3.8, 4) is 0 Å². The van der Waals surface area contributed by atoms with Gasteiger partial charge in [-0.25, -0.2) is 0 Å². The largest absolute Gasteiger partial charge is 0.292 e. The molecule has 88 valence electrons. The summed E-state index contributed by atoms with van der Waals surface area (Å²) in [5.41, 5.74) is 2.52. The zero-order valence-electron chi connectivity index (χ0n) is 9.42. The second-order valence-electron chi connectivity index (χ2n) is 3.88. The molecule has 1 N–H and O–H groups in total. The SMILES string of the molecule is CC/C(=C1/CC(=O)NC1=O)c1cccc(Br)c1. The van der Waals surface area contributed by atoms with Gasteiger partial charge in [-0.1, -0.05) is 35.0 Å². The van der Waals surface area contributed by atoms with E-state index in [1.807, 2.05) is 31.2 Å². The molecule has 0 radical (unpaired) electrons. The number of carbonyl (C=O) groups is 2. The van der Waals surface area contributed by atoms with Gasteiger partial charge < -0.3 is 0 Å². The van der Waals surface area contributed by atoms with Crippen LogP contribution < -0.4 is 5.32 Å². The van der Waals surface area contributed by atoms with Crippen molar-refractivity contribution in [2.24, 2.45) is 0 Å². The van der Waals surface area contributed by atoms with Crippen LogP contribution in [-0.4, -0.2) is 11.8 Å². The van der Waals surface area contributed by atoms with Crippen LogP contribution in [0.2, 0.25) is 0 Å². The van der Waals surface area contributed by atoms with Crippen molar-refractivity contribution in [1.29, 1.82) is 0 Å². The molecule has 1 heterocycles. The summed E-state index contributed by atoms with van der Waals surface area (Å²) in [6.07, 6.45) is 0.918. The van der Waals surface area contributed by atoms with E-state index >= 15 is 0 Å². The molecule has 0 aliphatic carbocycles. The van der Waals surface area contributed by atoms with Crippen LogP contribution in [0.5, 0.6) is 0 Å². The highest BCUT2D eigenvalue weighted by atomic mass is 79.9. The number of rotatable bonds is 2. The predicted octanol–water partition coefficient (Wildman–Crippen LogP) is 2.66. The third kappa shape index (κ3) is 2.47. The highest BCUT2D eigenvalue weighted by Gasteiger charge is 2.26. The number of allylic oxidation sites excluding steroid dienone is 1. The molecule has 3 nitrogen and oxygen atoms in total. The Balaban J connectivity index is 2.50. The van der Waals surface area contributed by atoms with Crippen molar-refractivity contribution >= 4 is 33.3 Å². The smallest absolute Gasteiger partial charge is 0.254 e. The minimum atomic E-state index is -0.258. The van der Waals surface area contributed by atoms with Crippen LogP contribution in [0, 0.1) is 0 Å². The highest BCUT2D eigenvalue weighted by Crippen LogP contribution is 2.28. The van der Waals surface area contributed by atoms with Crippen LogP contribution in [0.1, 0.15) is 25.3 Å². The predicted molar refractivity (Wildman–Crippen MR) is 69.1 cm³/mol. The first-order chi connectivity index (χ1) is 8.11. The minimum Gasteiger partial charge on any atom is -0.292 e. The van der Waals surface area contributed by atoms with Crippen molar-refractivity contribution in [3.63, 3.8) is 0 Å². The normalized spacial score (nSPS) is 18.2. The molecule has 2 amide bonds. The summed E-state index contributed by atoms with van der Waals surface area (Å²) in [4.78, 5) is 22.8. The third-order valence-electron chi connectivity index (χ3n) is 2.76. The van der Waals surface area contributed by atoms with Gasteiger partial charge in [0.25, 0.3) is 5.91 Å². The monoisotopic (exact) mass is 293 g/mol. The average molecular weight is 294 g/mol. The molecule has 0 bridgehead atoms. The highest BCUT2D eigenvalue weighted by molar-refractivity contribution is 9.10. The maximum Gasteiger partial charge on any atom is 0.254 e. The molecule has 2 rings (SSSR count).